The van der Waals surface area contributed by atoms with Gasteiger partial charge >= 0.3 is 0 Å². The molecule has 5 heteroatoms. The maximum atomic E-state index is 5.38. The average molecular weight is 276 g/mol. The van der Waals surface area contributed by atoms with E-state index in [0.29, 0.717) is 6.04 Å². The number of ether oxygens (including phenoxy) is 1. The Balaban J connectivity index is 1.62. The minimum atomic E-state index is 0.568. The van der Waals surface area contributed by atoms with Crippen molar-refractivity contribution in [3.63, 3.8) is 0 Å². The van der Waals surface area contributed by atoms with Crippen LogP contribution >= 0.6 is 0 Å². The van der Waals surface area contributed by atoms with E-state index in [4.69, 9.17) is 4.74 Å². The summed E-state index contributed by atoms with van der Waals surface area (Å²) < 4.78 is 5.38. The van der Waals surface area contributed by atoms with Gasteiger partial charge in [0.25, 0.3) is 0 Å². The van der Waals surface area contributed by atoms with E-state index in [1.165, 1.54) is 25.7 Å². The van der Waals surface area contributed by atoms with Gasteiger partial charge in [-0.3, -0.25) is 0 Å². The van der Waals surface area contributed by atoms with Crippen molar-refractivity contribution in [3.8, 4) is 0 Å². The molecule has 1 aliphatic carbocycles. The van der Waals surface area contributed by atoms with Crippen LogP contribution in [0.4, 0.5) is 11.6 Å². The molecule has 0 aromatic carbocycles. The smallest absolute Gasteiger partial charge is 0.134 e. The molecule has 2 heterocycles. The Morgan fingerprint density at radius 1 is 1.15 bits per heavy atom. The molecule has 0 atom stereocenters. The van der Waals surface area contributed by atoms with Crippen molar-refractivity contribution >= 4 is 11.6 Å². The van der Waals surface area contributed by atoms with Crippen LogP contribution in [0.1, 0.15) is 32.6 Å². The molecule has 0 radical (unpaired) electrons. The number of anilines is 2. The summed E-state index contributed by atoms with van der Waals surface area (Å²) in [5.41, 5.74) is 0. The normalized spacial score (nSPS) is 27.4. The number of rotatable bonds is 3. The van der Waals surface area contributed by atoms with Gasteiger partial charge in [0.2, 0.25) is 0 Å². The van der Waals surface area contributed by atoms with Gasteiger partial charge in [0.05, 0.1) is 13.2 Å². The number of hydrogen-bond acceptors (Lipinski definition) is 5. The van der Waals surface area contributed by atoms with Gasteiger partial charge in [0.15, 0.2) is 0 Å². The van der Waals surface area contributed by atoms with Crippen LogP contribution in [0, 0.1) is 5.92 Å². The molecule has 0 amide bonds. The van der Waals surface area contributed by atoms with E-state index in [9.17, 15) is 0 Å². The van der Waals surface area contributed by atoms with Gasteiger partial charge in [-0.2, -0.15) is 0 Å². The molecule has 1 aliphatic heterocycles. The highest BCUT2D eigenvalue weighted by Crippen LogP contribution is 2.26. The summed E-state index contributed by atoms with van der Waals surface area (Å²) in [6, 6.07) is 2.64. The first-order chi connectivity index (χ1) is 9.81. The molecule has 0 bridgehead atoms. The van der Waals surface area contributed by atoms with Crippen LogP contribution in [0.25, 0.3) is 0 Å². The zero-order chi connectivity index (χ0) is 13.8. The Morgan fingerprint density at radius 3 is 2.65 bits per heavy atom. The molecule has 1 saturated heterocycles. The molecule has 0 unspecified atom stereocenters. The molecule has 1 saturated carbocycles. The van der Waals surface area contributed by atoms with Crippen LogP contribution < -0.4 is 10.2 Å². The maximum Gasteiger partial charge on any atom is 0.134 e. The van der Waals surface area contributed by atoms with Gasteiger partial charge in [0, 0.05) is 25.2 Å². The lowest BCUT2D eigenvalue weighted by Crippen LogP contribution is -2.36. The minimum Gasteiger partial charge on any atom is -0.378 e. The van der Waals surface area contributed by atoms with Crippen molar-refractivity contribution in [2.24, 2.45) is 5.92 Å². The van der Waals surface area contributed by atoms with E-state index in [1.54, 1.807) is 6.33 Å². The summed E-state index contributed by atoms with van der Waals surface area (Å²) >= 11 is 0. The van der Waals surface area contributed by atoms with Gasteiger partial charge in [-0.15, -0.1) is 0 Å². The SMILES string of the molecule is CC1CCC(Nc2cc(N3CCOCC3)ncn2)CC1. The lowest BCUT2D eigenvalue weighted by atomic mass is 9.87. The van der Waals surface area contributed by atoms with E-state index in [0.717, 1.165) is 43.9 Å². The zero-order valence-electron chi connectivity index (χ0n) is 12.2. The molecule has 2 fully saturated rings. The Bertz CT molecular complexity index is 426. The minimum absolute atomic E-state index is 0.568. The number of hydrogen-bond donors (Lipinski definition) is 1. The van der Waals surface area contributed by atoms with Crippen LogP contribution in [-0.2, 0) is 4.74 Å². The zero-order valence-corrected chi connectivity index (χ0v) is 12.2. The molecule has 0 spiro atoms. The third-order valence-corrected chi connectivity index (χ3v) is 4.36. The molecule has 5 nitrogen and oxygen atoms in total. The number of morpholine rings is 1. The topological polar surface area (TPSA) is 50.3 Å². The Morgan fingerprint density at radius 2 is 1.90 bits per heavy atom. The second-order valence-corrected chi connectivity index (χ2v) is 5.96. The van der Waals surface area contributed by atoms with Crippen molar-refractivity contribution in [2.45, 2.75) is 38.6 Å². The highest BCUT2D eigenvalue weighted by molar-refractivity contribution is 5.49. The molecule has 1 N–H and O–H groups in total. The molecular formula is C15H24N4O. The van der Waals surface area contributed by atoms with Crippen LogP contribution in [-0.4, -0.2) is 42.3 Å². The van der Waals surface area contributed by atoms with Crippen molar-refractivity contribution < 1.29 is 4.74 Å². The van der Waals surface area contributed by atoms with Crippen LogP contribution in [0.2, 0.25) is 0 Å². The summed E-state index contributed by atoms with van der Waals surface area (Å²) in [7, 11) is 0. The standard InChI is InChI=1S/C15H24N4O/c1-12-2-4-13(5-3-12)18-14-10-15(17-11-16-14)19-6-8-20-9-7-19/h10-13H,2-9H2,1H3,(H,16,17,18). The van der Waals surface area contributed by atoms with Gasteiger partial charge in [-0.25, -0.2) is 9.97 Å². The van der Waals surface area contributed by atoms with E-state index in [2.05, 4.69) is 33.2 Å². The van der Waals surface area contributed by atoms with Crippen LogP contribution in [0.15, 0.2) is 12.4 Å². The average Bonchev–Trinajstić information content (AvgIpc) is 2.51. The number of nitrogens with zero attached hydrogens (tertiary/aromatic N) is 3. The third kappa shape index (κ3) is 3.39. The Labute approximate surface area is 120 Å². The van der Waals surface area contributed by atoms with Crippen LogP contribution in [0.3, 0.4) is 0 Å². The lowest BCUT2D eigenvalue weighted by molar-refractivity contribution is 0.122. The van der Waals surface area contributed by atoms with Crippen molar-refractivity contribution in [1.82, 2.24) is 9.97 Å². The monoisotopic (exact) mass is 276 g/mol. The number of nitrogens with one attached hydrogen (secondary N) is 1. The second-order valence-electron chi connectivity index (χ2n) is 5.96. The first kappa shape index (κ1) is 13.6. The fourth-order valence-corrected chi connectivity index (χ4v) is 3.00. The van der Waals surface area contributed by atoms with Gasteiger partial charge < -0.3 is 15.0 Å². The molecular weight excluding hydrogens is 252 g/mol. The summed E-state index contributed by atoms with van der Waals surface area (Å²) in [5.74, 6) is 2.85. The van der Waals surface area contributed by atoms with Crippen molar-refractivity contribution in [1.29, 1.82) is 0 Å². The first-order valence-electron chi connectivity index (χ1n) is 7.72. The molecule has 1 aromatic rings. The summed E-state index contributed by atoms with van der Waals surface area (Å²) in [4.78, 5) is 11.0. The van der Waals surface area contributed by atoms with Gasteiger partial charge in [0.1, 0.15) is 18.0 Å². The highest BCUT2D eigenvalue weighted by atomic mass is 16.5. The largest absolute Gasteiger partial charge is 0.378 e. The fourth-order valence-electron chi connectivity index (χ4n) is 3.00. The number of aromatic nitrogens is 2. The predicted octanol–water partition coefficient (Wildman–Crippen LogP) is 2.30. The predicted molar refractivity (Wildman–Crippen MR) is 80.1 cm³/mol. The van der Waals surface area contributed by atoms with E-state index < -0.39 is 0 Å². The molecule has 3 rings (SSSR count). The Hall–Kier alpha value is -1.36. The van der Waals surface area contributed by atoms with Gasteiger partial charge in [-0.05, 0) is 31.6 Å². The van der Waals surface area contributed by atoms with Crippen molar-refractivity contribution in [2.75, 3.05) is 36.5 Å². The van der Waals surface area contributed by atoms with E-state index >= 15 is 0 Å². The molecule has 1 aromatic heterocycles. The summed E-state index contributed by atoms with van der Waals surface area (Å²) in [6.45, 7) is 5.74. The summed E-state index contributed by atoms with van der Waals surface area (Å²) in [5, 5.41) is 3.57. The third-order valence-electron chi connectivity index (χ3n) is 4.36. The van der Waals surface area contributed by atoms with E-state index in [-0.39, 0.29) is 0 Å². The first-order valence-corrected chi connectivity index (χ1v) is 7.72. The van der Waals surface area contributed by atoms with E-state index in [1.807, 2.05) is 0 Å². The second kappa shape index (κ2) is 6.39. The lowest BCUT2D eigenvalue weighted by Gasteiger charge is -2.29. The summed E-state index contributed by atoms with van der Waals surface area (Å²) in [6.07, 6.45) is 6.80. The molecule has 20 heavy (non-hydrogen) atoms. The maximum absolute atomic E-state index is 5.38. The fraction of sp³-hybridized carbons (Fsp3) is 0.733. The van der Waals surface area contributed by atoms with Gasteiger partial charge in [-0.1, -0.05) is 6.92 Å². The quantitative estimate of drug-likeness (QED) is 0.918. The van der Waals surface area contributed by atoms with Crippen LogP contribution in [0.5, 0.6) is 0 Å². The Kier molecular flexibility index (Phi) is 4.35. The van der Waals surface area contributed by atoms with Crippen molar-refractivity contribution in [3.05, 3.63) is 12.4 Å². The highest BCUT2D eigenvalue weighted by Gasteiger charge is 2.19. The molecule has 110 valence electrons. The molecule has 2 aliphatic rings.